The topological polar surface area (TPSA) is 56.1 Å². The molecule has 0 N–H and O–H groups in total. The molecule has 3 rings (SSSR count). The fourth-order valence-electron chi connectivity index (χ4n) is 1.88. The molecular weight excluding hydrogens is 378 g/mol. The molecule has 8 heteroatoms. The van der Waals surface area contributed by atoms with E-state index >= 15 is 0 Å². The van der Waals surface area contributed by atoms with Crippen LogP contribution in [-0.2, 0) is 4.74 Å². The molecule has 1 fully saturated rings. The number of ether oxygens (including phenoxy) is 1. The van der Waals surface area contributed by atoms with Crippen molar-refractivity contribution < 1.29 is 4.74 Å². The zero-order valence-corrected chi connectivity index (χ0v) is 13.1. The summed E-state index contributed by atoms with van der Waals surface area (Å²) in [5, 5.41) is 0. The Morgan fingerprint density at radius 1 is 1.16 bits per heavy atom. The Kier molecular flexibility index (Phi) is 3.81. The molecule has 0 atom stereocenters. The Labute approximate surface area is 127 Å². The van der Waals surface area contributed by atoms with Gasteiger partial charge in [-0.05, 0) is 37.9 Å². The number of rotatable bonds is 2. The fourth-order valence-corrected chi connectivity index (χ4v) is 2.51. The molecule has 0 amide bonds. The summed E-state index contributed by atoms with van der Waals surface area (Å²) in [6, 6.07) is 1.91. The van der Waals surface area contributed by atoms with Gasteiger partial charge >= 0.3 is 0 Å². The first kappa shape index (κ1) is 13.0. The Morgan fingerprint density at radius 3 is 2.63 bits per heavy atom. The van der Waals surface area contributed by atoms with Crippen LogP contribution in [-0.4, -0.2) is 45.8 Å². The molecule has 3 heterocycles. The first-order chi connectivity index (χ1) is 9.25. The summed E-state index contributed by atoms with van der Waals surface area (Å²) in [7, 11) is 0. The number of imidazole rings is 1. The van der Waals surface area contributed by atoms with E-state index in [0.717, 1.165) is 41.3 Å². The maximum Gasteiger partial charge on any atom is 0.237 e. The van der Waals surface area contributed by atoms with Crippen LogP contribution in [0.3, 0.4) is 0 Å². The van der Waals surface area contributed by atoms with E-state index in [1.54, 1.807) is 17.1 Å². The molecule has 0 radical (unpaired) electrons. The highest BCUT2D eigenvalue weighted by Crippen LogP contribution is 2.24. The van der Waals surface area contributed by atoms with Crippen molar-refractivity contribution in [2.75, 3.05) is 31.2 Å². The largest absolute Gasteiger partial charge is 0.378 e. The van der Waals surface area contributed by atoms with Gasteiger partial charge in [-0.2, -0.15) is 4.98 Å². The molecule has 0 spiro atoms. The fraction of sp³-hybridized carbons (Fsp3) is 0.364. The van der Waals surface area contributed by atoms with Crippen molar-refractivity contribution in [3.8, 4) is 5.95 Å². The van der Waals surface area contributed by atoms with Gasteiger partial charge in [-0.25, -0.2) is 9.97 Å². The minimum atomic E-state index is 0.592. The second kappa shape index (κ2) is 5.56. The molecule has 1 saturated heterocycles. The second-order valence-electron chi connectivity index (χ2n) is 4.01. The molecule has 0 aromatic carbocycles. The average Bonchev–Trinajstić information content (AvgIpc) is 2.80. The molecule has 0 unspecified atom stereocenters. The maximum absolute atomic E-state index is 5.34. The van der Waals surface area contributed by atoms with Crippen molar-refractivity contribution in [1.82, 2.24) is 19.5 Å². The third-order valence-electron chi connectivity index (χ3n) is 2.85. The average molecular weight is 389 g/mol. The van der Waals surface area contributed by atoms with Crippen LogP contribution in [0.25, 0.3) is 5.95 Å². The summed E-state index contributed by atoms with van der Waals surface area (Å²) in [5.74, 6) is 1.50. The first-order valence-corrected chi connectivity index (χ1v) is 7.39. The third kappa shape index (κ3) is 2.65. The van der Waals surface area contributed by atoms with E-state index in [4.69, 9.17) is 4.74 Å². The van der Waals surface area contributed by atoms with Gasteiger partial charge in [0.25, 0.3) is 0 Å². The SMILES string of the molecule is Brc1ncn(-c2nccc(N3CCOCC3)n2)c1Br. The Hall–Kier alpha value is -0.990. The van der Waals surface area contributed by atoms with Gasteiger partial charge in [0.1, 0.15) is 21.4 Å². The van der Waals surface area contributed by atoms with Crippen LogP contribution >= 0.6 is 31.9 Å². The molecule has 19 heavy (non-hydrogen) atoms. The molecule has 2 aromatic rings. The Bertz CT molecular complexity index is 582. The number of anilines is 1. The number of morpholine rings is 1. The highest BCUT2D eigenvalue weighted by Gasteiger charge is 2.15. The summed E-state index contributed by atoms with van der Waals surface area (Å²) in [5.41, 5.74) is 0. The third-order valence-corrected chi connectivity index (χ3v) is 4.72. The lowest BCUT2D eigenvalue weighted by atomic mass is 10.4. The van der Waals surface area contributed by atoms with Crippen LogP contribution < -0.4 is 4.90 Å². The van der Waals surface area contributed by atoms with Crippen LogP contribution in [0.2, 0.25) is 0 Å². The summed E-state index contributed by atoms with van der Waals surface area (Å²) < 4.78 is 8.66. The zero-order chi connectivity index (χ0) is 13.2. The van der Waals surface area contributed by atoms with Gasteiger partial charge in [0.05, 0.1) is 13.2 Å². The van der Waals surface area contributed by atoms with Crippen LogP contribution in [0.5, 0.6) is 0 Å². The standard InChI is InChI=1S/C11H11Br2N5O/c12-9-10(13)18(7-15-9)11-14-2-1-8(16-11)17-3-5-19-6-4-17/h1-2,7H,3-6H2. The molecular formula is C11H11Br2N5O. The molecule has 1 aliphatic rings. The van der Waals surface area contributed by atoms with Gasteiger partial charge in [-0.3, -0.25) is 4.57 Å². The van der Waals surface area contributed by atoms with Crippen molar-refractivity contribution in [2.24, 2.45) is 0 Å². The molecule has 6 nitrogen and oxygen atoms in total. The summed E-state index contributed by atoms with van der Waals surface area (Å²) >= 11 is 6.79. The quantitative estimate of drug-likeness (QED) is 0.787. The van der Waals surface area contributed by atoms with Gasteiger partial charge in [0.2, 0.25) is 5.95 Å². The highest BCUT2D eigenvalue weighted by molar-refractivity contribution is 9.13. The van der Waals surface area contributed by atoms with Gasteiger partial charge in [0.15, 0.2) is 0 Å². The number of hydrogen-bond donors (Lipinski definition) is 0. The molecule has 1 aliphatic heterocycles. The molecule has 2 aromatic heterocycles. The van der Waals surface area contributed by atoms with E-state index in [0.29, 0.717) is 5.95 Å². The normalized spacial score (nSPS) is 15.8. The number of nitrogens with zero attached hydrogens (tertiary/aromatic N) is 5. The second-order valence-corrected chi connectivity index (χ2v) is 5.51. The lowest BCUT2D eigenvalue weighted by Crippen LogP contribution is -2.36. The molecule has 0 saturated carbocycles. The molecule has 0 aliphatic carbocycles. The van der Waals surface area contributed by atoms with Crippen molar-refractivity contribution in [2.45, 2.75) is 0 Å². The Morgan fingerprint density at radius 2 is 1.95 bits per heavy atom. The smallest absolute Gasteiger partial charge is 0.237 e. The van der Waals surface area contributed by atoms with Crippen LogP contribution in [0.15, 0.2) is 27.8 Å². The van der Waals surface area contributed by atoms with Crippen LogP contribution in [0, 0.1) is 0 Å². The van der Waals surface area contributed by atoms with Gasteiger partial charge in [0, 0.05) is 19.3 Å². The summed E-state index contributed by atoms with van der Waals surface area (Å²) in [6.07, 6.45) is 3.43. The Balaban J connectivity index is 1.93. The first-order valence-electron chi connectivity index (χ1n) is 5.80. The minimum Gasteiger partial charge on any atom is -0.378 e. The van der Waals surface area contributed by atoms with Crippen molar-refractivity contribution in [1.29, 1.82) is 0 Å². The molecule has 0 bridgehead atoms. The van der Waals surface area contributed by atoms with Gasteiger partial charge in [-0.15, -0.1) is 0 Å². The molecule has 100 valence electrons. The van der Waals surface area contributed by atoms with Crippen molar-refractivity contribution >= 4 is 37.7 Å². The lowest BCUT2D eigenvalue weighted by molar-refractivity contribution is 0.122. The zero-order valence-electron chi connectivity index (χ0n) is 9.96. The highest BCUT2D eigenvalue weighted by atomic mass is 79.9. The van der Waals surface area contributed by atoms with E-state index in [2.05, 4.69) is 51.7 Å². The van der Waals surface area contributed by atoms with E-state index in [1.165, 1.54) is 0 Å². The number of hydrogen-bond acceptors (Lipinski definition) is 5. The van der Waals surface area contributed by atoms with Gasteiger partial charge in [-0.1, -0.05) is 0 Å². The minimum absolute atomic E-state index is 0.592. The van der Waals surface area contributed by atoms with Crippen molar-refractivity contribution in [3.05, 3.63) is 27.8 Å². The predicted molar refractivity (Wildman–Crippen MR) is 77.6 cm³/mol. The summed E-state index contributed by atoms with van der Waals surface area (Å²) in [4.78, 5) is 15.2. The van der Waals surface area contributed by atoms with E-state index < -0.39 is 0 Å². The van der Waals surface area contributed by atoms with Crippen LogP contribution in [0.4, 0.5) is 5.82 Å². The summed E-state index contributed by atoms with van der Waals surface area (Å²) in [6.45, 7) is 3.18. The van der Waals surface area contributed by atoms with Crippen LogP contribution in [0.1, 0.15) is 0 Å². The van der Waals surface area contributed by atoms with Gasteiger partial charge < -0.3 is 9.64 Å². The maximum atomic E-state index is 5.34. The predicted octanol–water partition coefficient (Wildman–Crippen LogP) is 2.02. The van der Waals surface area contributed by atoms with E-state index in [-0.39, 0.29) is 0 Å². The van der Waals surface area contributed by atoms with Crippen molar-refractivity contribution in [3.63, 3.8) is 0 Å². The number of aromatic nitrogens is 4. The van der Waals surface area contributed by atoms with E-state index in [9.17, 15) is 0 Å². The monoisotopic (exact) mass is 387 g/mol. The number of halogens is 2. The lowest BCUT2D eigenvalue weighted by Gasteiger charge is -2.27. The van der Waals surface area contributed by atoms with E-state index in [1.807, 2.05) is 6.07 Å².